The van der Waals surface area contributed by atoms with Crippen molar-refractivity contribution >= 4 is 19.7 Å². The van der Waals surface area contributed by atoms with Crippen molar-refractivity contribution in [1.29, 1.82) is 0 Å². The molecule has 4 radical (unpaired) electrons. The van der Waals surface area contributed by atoms with E-state index in [9.17, 15) is 14.7 Å². The average molecular weight is 717 g/mol. The molecule has 4 atom stereocenters. The van der Waals surface area contributed by atoms with Gasteiger partial charge in [-0.05, 0) is 19.3 Å². The van der Waals surface area contributed by atoms with Gasteiger partial charge in [0, 0.05) is 91.0 Å². The first-order valence-electron chi connectivity index (χ1n) is 15.2. The van der Waals surface area contributed by atoms with E-state index in [4.69, 9.17) is 27.2 Å². The van der Waals surface area contributed by atoms with Crippen LogP contribution in [0.5, 0.6) is 0 Å². The van der Waals surface area contributed by atoms with Gasteiger partial charge in [-0.2, -0.15) is 0 Å². The summed E-state index contributed by atoms with van der Waals surface area (Å²) in [6, 6.07) is -0.735. The number of amides is 1. The molecule has 8 nitrogen and oxygen atoms in total. The second kappa shape index (κ2) is 30.1. The number of nitrogens with one attached hydrogen (secondary N) is 1. The van der Waals surface area contributed by atoms with E-state index in [1.807, 2.05) is 0 Å². The molecule has 1 aliphatic heterocycles. The van der Waals surface area contributed by atoms with Gasteiger partial charge in [0.2, 0.25) is 0 Å². The largest absolute Gasteiger partial charge is 0.456 e. The molecule has 1 saturated heterocycles. The third-order valence-corrected chi connectivity index (χ3v) is 7.11. The minimum Gasteiger partial charge on any atom is -0.456 e. The molecule has 40 heavy (non-hydrogen) atoms. The first kappa shape index (κ1) is 43.2. The van der Waals surface area contributed by atoms with Crippen LogP contribution in [0.3, 0.4) is 0 Å². The van der Waals surface area contributed by atoms with Crippen LogP contribution in [0.2, 0.25) is 0 Å². The predicted octanol–water partition coefficient (Wildman–Crippen LogP) is 4.31. The Morgan fingerprint density at radius 1 is 0.825 bits per heavy atom. The molecule has 0 aromatic rings. The van der Waals surface area contributed by atoms with Gasteiger partial charge in [-0.15, -0.1) is 0 Å². The molecule has 0 aromatic carbocycles. The number of aliphatic hydroxyl groups is 2. The molecule has 0 spiro atoms. The van der Waals surface area contributed by atoms with Crippen molar-refractivity contribution in [2.75, 3.05) is 26.4 Å². The summed E-state index contributed by atoms with van der Waals surface area (Å²) in [5.74, 6) is -0.569. The van der Waals surface area contributed by atoms with Gasteiger partial charge in [0.15, 0.2) is 6.61 Å². The van der Waals surface area contributed by atoms with Crippen LogP contribution in [0, 0.1) is 0 Å². The van der Waals surface area contributed by atoms with Crippen molar-refractivity contribution in [2.24, 2.45) is 0 Å². The molecule has 11 heteroatoms. The molecule has 1 fully saturated rings. The third-order valence-electron chi connectivity index (χ3n) is 7.11. The standard InChI is InChI=1S/C29H54BNO7.2Y/c1-2-3-4-5-6-7-8-9-10-11-12-13-16-19-26(34)37-23-25(33)31-20-17-14-15-18-21-36-28-27(35)24(22-32)38-29(28)30;;/h24,27-29,32,35H,2-23H2,1H3,(H,31,33);;. The zero-order chi connectivity index (χ0) is 27.8. The maximum atomic E-state index is 11.9. The van der Waals surface area contributed by atoms with Crippen LogP contribution in [0.25, 0.3) is 0 Å². The molecular weight excluding hydrogens is 663 g/mol. The van der Waals surface area contributed by atoms with Crippen molar-refractivity contribution in [3.05, 3.63) is 0 Å². The van der Waals surface area contributed by atoms with E-state index in [-0.39, 0.29) is 90.5 Å². The van der Waals surface area contributed by atoms with Crippen LogP contribution in [-0.2, 0) is 89.2 Å². The van der Waals surface area contributed by atoms with Crippen molar-refractivity contribution in [1.82, 2.24) is 5.32 Å². The molecule has 0 aliphatic carbocycles. The molecule has 1 amide bonds. The number of rotatable bonds is 25. The van der Waals surface area contributed by atoms with Crippen molar-refractivity contribution in [2.45, 2.75) is 147 Å². The molecule has 0 aromatic heterocycles. The summed E-state index contributed by atoms with van der Waals surface area (Å²) in [7, 11) is 5.77. The van der Waals surface area contributed by atoms with Gasteiger partial charge in [-0.25, -0.2) is 0 Å². The number of carbonyl (C=O) groups is 2. The monoisotopic (exact) mass is 717 g/mol. The van der Waals surface area contributed by atoms with Crippen LogP contribution in [-0.4, -0.2) is 80.6 Å². The summed E-state index contributed by atoms with van der Waals surface area (Å²) in [5, 5.41) is 21.9. The Morgan fingerprint density at radius 3 is 1.90 bits per heavy atom. The third kappa shape index (κ3) is 22.6. The minimum atomic E-state index is -0.923. The smallest absolute Gasteiger partial charge is 0.306 e. The van der Waals surface area contributed by atoms with Gasteiger partial charge in [-0.3, -0.25) is 9.59 Å². The Morgan fingerprint density at radius 2 is 1.35 bits per heavy atom. The fourth-order valence-electron chi connectivity index (χ4n) is 4.69. The van der Waals surface area contributed by atoms with Crippen LogP contribution >= 0.6 is 0 Å². The maximum Gasteiger partial charge on any atom is 0.306 e. The van der Waals surface area contributed by atoms with E-state index in [1.54, 1.807) is 0 Å². The molecule has 1 heterocycles. The van der Waals surface area contributed by atoms with Crippen LogP contribution < -0.4 is 5.32 Å². The Labute approximate surface area is 295 Å². The molecule has 1 aliphatic rings. The van der Waals surface area contributed by atoms with Crippen molar-refractivity contribution in [3.8, 4) is 0 Å². The van der Waals surface area contributed by atoms with E-state index >= 15 is 0 Å². The number of ether oxygens (including phenoxy) is 3. The van der Waals surface area contributed by atoms with Gasteiger partial charge < -0.3 is 29.7 Å². The summed E-state index contributed by atoms with van der Waals surface area (Å²) < 4.78 is 15.9. The molecular formula is C29H54BNO7Y2. The molecule has 0 bridgehead atoms. The summed E-state index contributed by atoms with van der Waals surface area (Å²) in [4.78, 5) is 23.7. The fraction of sp³-hybridized carbons (Fsp3) is 0.931. The second-order valence-corrected chi connectivity index (χ2v) is 10.6. The van der Waals surface area contributed by atoms with E-state index < -0.39 is 24.3 Å². The Balaban J connectivity index is 0. The van der Waals surface area contributed by atoms with E-state index in [2.05, 4.69) is 12.2 Å². The summed E-state index contributed by atoms with van der Waals surface area (Å²) >= 11 is 0. The van der Waals surface area contributed by atoms with E-state index in [0.29, 0.717) is 19.6 Å². The van der Waals surface area contributed by atoms with E-state index in [1.165, 1.54) is 64.2 Å². The minimum absolute atomic E-state index is 0. The van der Waals surface area contributed by atoms with Crippen molar-refractivity contribution in [3.63, 3.8) is 0 Å². The zero-order valence-electron chi connectivity index (χ0n) is 25.0. The Hall–Kier alpha value is 1.05. The Bertz CT molecular complexity index is 607. The molecule has 3 N–H and O–H groups in total. The number of unbranched alkanes of at least 4 members (excludes halogenated alkanes) is 15. The predicted molar refractivity (Wildman–Crippen MR) is 150 cm³/mol. The maximum absolute atomic E-state index is 11.9. The van der Waals surface area contributed by atoms with Gasteiger partial charge in [0.1, 0.15) is 26.2 Å². The number of hydrogen-bond donors (Lipinski definition) is 3. The number of hydrogen-bond acceptors (Lipinski definition) is 7. The topological polar surface area (TPSA) is 114 Å². The normalized spacial score (nSPS) is 20.0. The first-order valence-corrected chi connectivity index (χ1v) is 15.2. The summed E-state index contributed by atoms with van der Waals surface area (Å²) in [6.45, 7) is 2.72. The van der Waals surface area contributed by atoms with Crippen molar-refractivity contribution < 1.29 is 99.4 Å². The summed E-state index contributed by atoms with van der Waals surface area (Å²) in [6.07, 6.45) is 18.0. The second-order valence-electron chi connectivity index (χ2n) is 10.6. The van der Waals surface area contributed by atoms with Crippen LogP contribution in [0.1, 0.15) is 122 Å². The summed E-state index contributed by atoms with van der Waals surface area (Å²) in [5.41, 5.74) is 0. The average Bonchev–Trinajstić information content (AvgIpc) is 3.19. The molecule has 1 rings (SSSR count). The molecule has 4 unspecified atom stereocenters. The quantitative estimate of drug-likeness (QED) is 0.0733. The van der Waals surface area contributed by atoms with E-state index in [0.717, 1.165) is 44.9 Å². The molecule has 226 valence electrons. The van der Waals surface area contributed by atoms with Gasteiger partial charge in [0.25, 0.3) is 5.91 Å². The SMILES string of the molecule is [B]C1OC(CO)C(O)C1OCCCCCCNC(=O)COC(=O)CCCCCCCCCCCCCCC.[Y].[Y]. The zero-order valence-corrected chi connectivity index (χ0v) is 30.7. The Kier molecular flexibility index (Phi) is 32.5. The van der Waals surface area contributed by atoms with Gasteiger partial charge >= 0.3 is 5.97 Å². The number of esters is 1. The number of aliphatic hydroxyl groups excluding tert-OH is 2. The number of carbonyl (C=O) groups excluding carboxylic acids is 2. The van der Waals surface area contributed by atoms with Gasteiger partial charge in [-0.1, -0.05) is 96.8 Å². The van der Waals surface area contributed by atoms with Gasteiger partial charge in [0.05, 0.1) is 6.61 Å². The fourth-order valence-corrected chi connectivity index (χ4v) is 4.69. The van der Waals surface area contributed by atoms with Crippen LogP contribution in [0.4, 0.5) is 0 Å². The van der Waals surface area contributed by atoms with Crippen LogP contribution in [0.15, 0.2) is 0 Å². The molecule has 0 saturated carbocycles. The first-order chi connectivity index (χ1) is 18.5.